The molecule has 2 rings (SSSR count). The molecule has 0 aromatic heterocycles. The first-order valence-electron chi connectivity index (χ1n) is 6.48. The monoisotopic (exact) mass is 308 g/mol. The first-order valence-corrected chi connectivity index (χ1v) is 7.96. The van der Waals surface area contributed by atoms with Crippen molar-refractivity contribution in [1.82, 2.24) is 5.32 Å². The van der Waals surface area contributed by atoms with E-state index in [1.807, 2.05) is 20.0 Å². The molecule has 0 spiro atoms. The number of nitrogens with one attached hydrogen (secondary N) is 2. The van der Waals surface area contributed by atoms with E-state index < -0.39 is 15.8 Å². The molecule has 0 bridgehead atoms. The predicted molar refractivity (Wildman–Crippen MR) is 81.1 cm³/mol. The van der Waals surface area contributed by atoms with Crippen LogP contribution in [-0.4, -0.2) is 15.5 Å². The van der Waals surface area contributed by atoms with E-state index >= 15 is 0 Å². The van der Waals surface area contributed by atoms with Crippen LogP contribution in [0.25, 0.3) is 0 Å². The zero-order chi connectivity index (χ0) is 15.5. The van der Waals surface area contributed by atoms with Crippen LogP contribution < -0.4 is 10.0 Å². The number of hydrogen-bond acceptors (Lipinski definition) is 3. The lowest BCUT2D eigenvalue weighted by molar-refractivity contribution is 0.595. The maximum atomic E-state index is 13.2. The van der Waals surface area contributed by atoms with E-state index in [2.05, 4.69) is 10.0 Å². The summed E-state index contributed by atoms with van der Waals surface area (Å²) in [6.45, 7) is 1.97. The fourth-order valence-electron chi connectivity index (χ4n) is 1.89. The lowest BCUT2D eigenvalue weighted by atomic mass is 10.1. The Morgan fingerprint density at radius 1 is 1.10 bits per heavy atom. The van der Waals surface area contributed by atoms with Gasteiger partial charge >= 0.3 is 0 Å². The summed E-state index contributed by atoms with van der Waals surface area (Å²) in [7, 11) is -1.97. The number of sulfonamides is 1. The quantitative estimate of drug-likeness (QED) is 0.893. The van der Waals surface area contributed by atoms with Gasteiger partial charge in [-0.1, -0.05) is 18.2 Å². The summed E-state index contributed by atoms with van der Waals surface area (Å²) in [5, 5.41) is 3.08. The van der Waals surface area contributed by atoms with E-state index in [0.29, 0.717) is 5.69 Å². The van der Waals surface area contributed by atoms with Crippen molar-refractivity contribution >= 4 is 15.7 Å². The highest BCUT2D eigenvalue weighted by molar-refractivity contribution is 7.92. The summed E-state index contributed by atoms with van der Waals surface area (Å²) in [6, 6.07) is 12.1. The largest absolute Gasteiger partial charge is 0.313 e. The maximum Gasteiger partial charge on any atom is 0.261 e. The number of benzene rings is 2. The van der Waals surface area contributed by atoms with Crippen molar-refractivity contribution in [3.05, 3.63) is 59.9 Å². The van der Waals surface area contributed by atoms with Crippen LogP contribution in [-0.2, 0) is 10.0 Å². The third kappa shape index (κ3) is 3.80. The molecule has 0 saturated heterocycles. The van der Waals surface area contributed by atoms with Gasteiger partial charge in [-0.3, -0.25) is 4.72 Å². The zero-order valence-corrected chi connectivity index (χ0v) is 12.6. The van der Waals surface area contributed by atoms with Gasteiger partial charge in [0.2, 0.25) is 0 Å². The smallest absolute Gasteiger partial charge is 0.261 e. The van der Waals surface area contributed by atoms with Gasteiger partial charge in [0.05, 0.1) is 4.90 Å². The first-order chi connectivity index (χ1) is 9.92. The summed E-state index contributed by atoms with van der Waals surface area (Å²) < 4.78 is 40.0. The maximum absolute atomic E-state index is 13.2. The molecule has 1 unspecified atom stereocenters. The molecular formula is C15H17FN2O2S. The molecule has 0 fully saturated rings. The Kier molecular flexibility index (Phi) is 4.59. The van der Waals surface area contributed by atoms with Crippen LogP contribution in [0.15, 0.2) is 53.4 Å². The Morgan fingerprint density at radius 3 is 2.48 bits per heavy atom. The van der Waals surface area contributed by atoms with Gasteiger partial charge < -0.3 is 5.32 Å². The van der Waals surface area contributed by atoms with Gasteiger partial charge in [-0.15, -0.1) is 0 Å². The predicted octanol–water partition coefficient (Wildman–Crippen LogP) is 2.91. The van der Waals surface area contributed by atoms with Crippen LogP contribution in [0.2, 0.25) is 0 Å². The van der Waals surface area contributed by atoms with Crippen LogP contribution >= 0.6 is 0 Å². The molecule has 0 radical (unpaired) electrons. The SMILES string of the molecule is CNC(C)c1cccc(NS(=O)(=O)c2cccc(F)c2)c1. The third-order valence-electron chi connectivity index (χ3n) is 3.18. The van der Waals surface area contributed by atoms with Crippen molar-refractivity contribution in [3.63, 3.8) is 0 Å². The van der Waals surface area contributed by atoms with E-state index in [0.717, 1.165) is 11.6 Å². The molecule has 4 nitrogen and oxygen atoms in total. The molecule has 0 amide bonds. The second-order valence-electron chi connectivity index (χ2n) is 4.70. The molecule has 0 aliphatic rings. The van der Waals surface area contributed by atoms with Crippen LogP contribution in [0.1, 0.15) is 18.5 Å². The molecule has 0 aliphatic carbocycles. The molecule has 1 atom stereocenters. The topological polar surface area (TPSA) is 58.2 Å². The average molecular weight is 308 g/mol. The third-order valence-corrected chi connectivity index (χ3v) is 4.56. The second-order valence-corrected chi connectivity index (χ2v) is 6.38. The molecule has 2 aromatic carbocycles. The summed E-state index contributed by atoms with van der Waals surface area (Å²) in [5.41, 5.74) is 1.40. The highest BCUT2D eigenvalue weighted by Gasteiger charge is 2.15. The molecule has 2 N–H and O–H groups in total. The molecule has 112 valence electrons. The van der Waals surface area contributed by atoms with Crippen molar-refractivity contribution in [2.45, 2.75) is 17.9 Å². The van der Waals surface area contributed by atoms with Gasteiger partial charge in [0.15, 0.2) is 0 Å². The Balaban J connectivity index is 2.29. The van der Waals surface area contributed by atoms with E-state index in [4.69, 9.17) is 0 Å². The summed E-state index contributed by atoms with van der Waals surface area (Å²) in [5.74, 6) is -0.588. The second kappa shape index (κ2) is 6.24. The van der Waals surface area contributed by atoms with Crippen LogP contribution in [0, 0.1) is 5.82 Å². The lowest BCUT2D eigenvalue weighted by Gasteiger charge is -2.13. The Labute approximate surface area is 124 Å². The van der Waals surface area contributed by atoms with Crippen molar-refractivity contribution in [2.24, 2.45) is 0 Å². The average Bonchev–Trinajstić information content (AvgIpc) is 2.46. The molecule has 2 aromatic rings. The van der Waals surface area contributed by atoms with Crippen LogP contribution in [0.5, 0.6) is 0 Å². The van der Waals surface area contributed by atoms with Crippen LogP contribution in [0.4, 0.5) is 10.1 Å². The highest BCUT2D eigenvalue weighted by Crippen LogP contribution is 2.20. The first kappa shape index (κ1) is 15.5. The van der Waals surface area contributed by atoms with Crippen molar-refractivity contribution in [2.75, 3.05) is 11.8 Å². The lowest BCUT2D eigenvalue weighted by Crippen LogP contribution is -2.15. The summed E-state index contributed by atoms with van der Waals surface area (Å²) in [6.07, 6.45) is 0. The zero-order valence-electron chi connectivity index (χ0n) is 11.8. The van der Waals surface area contributed by atoms with Crippen molar-refractivity contribution in [3.8, 4) is 0 Å². The van der Waals surface area contributed by atoms with E-state index in [1.165, 1.54) is 18.2 Å². The molecule has 21 heavy (non-hydrogen) atoms. The number of rotatable bonds is 5. The fourth-order valence-corrected chi connectivity index (χ4v) is 2.97. The van der Waals surface area contributed by atoms with Gasteiger partial charge in [-0.25, -0.2) is 12.8 Å². The minimum absolute atomic E-state index is 0.101. The molecule has 6 heteroatoms. The van der Waals surface area contributed by atoms with E-state index in [1.54, 1.807) is 18.2 Å². The number of halogens is 1. The Morgan fingerprint density at radius 2 is 1.81 bits per heavy atom. The molecule has 0 aliphatic heterocycles. The van der Waals surface area contributed by atoms with E-state index in [9.17, 15) is 12.8 Å². The van der Waals surface area contributed by atoms with Gasteiger partial charge in [0.25, 0.3) is 10.0 Å². The fraction of sp³-hybridized carbons (Fsp3) is 0.200. The summed E-state index contributed by atoms with van der Waals surface area (Å²) in [4.78, 5) is -0.102. The van der Waals surface area contributed by atoms with Gasteiger partial charge in [0, 0.05) is 11.7 Å². The number of anilines is 1. The van der Waals surface area contributed by atoms with Gasteiger partial charge in [-0.2, -0.15) is 0 Å². The van der Waals surface area contributed by atoms with Gasteiger partial charge in [0.1, 0.15) is 5.82 Å². The Bertz CT molecular complexity index is 732. The van der Waals surface area contributed by atoms with Gasteiger partial charge in [-0.05, 0) is 49.9 Å². The minimum Gasteiger partial charge on any atom is -0.313 e. The highest BCUT2D eigenvalue weighted by atomic mass is 32.2. The normalized spacial score (nSPS) is 12.9. The molecule has 0 saturated carbocycles. The molecular weight excluding hydrogens is 291 g/mol. The minimum atomic E-state index is -3.80. The molecule has 0 heterocycles. The van der Waals surface area contributed by atoms with Crippen LogP contribution in [0.3, 0.4) is 0 Å². The summed E-state index contributed by atoms with van der Waals surface area (Å²) >= 11 is 0. The number of hydrogen-bond donors (Lipinski definition) is 2. The standard InChI is InChI=1S/C15H17FN2O2S/c1-11(17-2)12-5-3-7-14(9-12)18-21(19,20)15-8-4-6-13(16)10-15/h3-11,17-18H,1-2H3. The van der Waals surface area contributed by atoms with Crippen molar-refractivity contribution < 1.29 is 12.8 Å². The van der Waals surface area contributed by atoms with Crippen molar-refractivity contribution in [1.29, 1.82) is 0 Å². The Hall–Kier alpha value is -1.92. The van der Waals surface area contributed by atoms with E-state index in [-0.39, 0.29) is 10.9 Å².